The van der Waals surface area contributed by atoms with Crippen molar-refractivity contribution in [2.24, 2.45) is 5.41 Å². The molecule has 1 N–H and O–H groups in total. The SMILES string of the molecule is COc1ccccc1C=CCN(CCN1CCN(C(=O)Nc2cccc(Cl)c2Cl)CC1)C(=O)CC(C)(C)C. The van der Waals surface area contributed by atoms with E-state index in [2.05, 4.69) is 31.0 Å². The van der Waals surface area contributed by atoms with Crippen LogP contribution in [0.3, 0.4) is 0 Å². The lowest BCUT2D eigenvalue weighted by Crippen LogP contribution is -2.51. The number of urea groups is 1. The molecule has 38 heavy (non-hydrogen) atoms. The van der Waals surface area contributed by atoms with Crippen molar-refractivity contribution in [1.29, 1.82) is 0 Å². The van der Waals surface area contributed by atoms with E-state index in [1.54, 1.807) is 30.2 Å². The minimum Gasteiger partial charge on any atom is -0.496 e. The summed E-state index contributed by atoms with van der Waals surface area (Å²) in [5, 5.41) is 3.58. The molecular weight excluding hydrogens is 523 g/mol. The summed E-state index contributed by atoms with van der Waals surface area (Å²) in [6, 6.07) is 12.8. The summed E-state index contributed by atoms with van der Waals surface area (Å²) in [6.45, 7) is 10.8. The summed E-state index contributed by atoms with van der Waals surface area (Å²) >= 11 is 12.3. The van der Waals surface area contributed by atoms with Crippen LogP contribution >= 0.6 is 23.2 Å². The van der Waals surface area contributed by atoms with Crippen LogP contribution in [-0.2, 0) is 4.79 Å². The van der Waals surface area contributed by atoms with Crippen LogP contribution in [0.1, 0.15) is 32.8 Å². The van der Waals surface area contributed by atoms with Gasteiger partial charge in [-0.3, -0.25) is 9.69 Å². The Labute approximate surface area is 236 Å². The standard InChI is InChI=1S/C29H38Cl2N4O3/c1-29(2,3)21-26(36)34(14-8-10-22-9-5-6-13-25(22)38-4)18-15-33-16-19-35(20-17-33)28(37)32-24-12-7-11-23(30)27(24)31/h5-13H,14-21H2,1-4H3,(H,32,37). The van der Waals surface area contributed by atoms with Gasteiger partial charge in [-0.25, -0.2) is 4.79 Å². The van der Waals surface area contributed by atoms with E-state index in [1.165, 1.54) is 0 Å². The number of carbonyl (C=O) groups excluding carboxylic acids is 2. The highest BCUT2D eigenvalue weighted by atomic mass is 35.5. The average molecular weight is 562 g/mol. The second-order valence-corrected chi connectivity index (χ2v) is 11.4. The van der Waals surface area contributed by atoms with E-state index >= 15 is 0 Å². The zero-order chi connectivity index (χ0) is 27.7. The van der Waals surface area contributed by atoms with Gasteiger partial charge in [0, 0.05) is 57.8 Å². The van der Waals surface area contributed by atoms with Gasteiger partial charge in [0.25, 0.3) is 0 Å². The number of rotatable bonds is 9. The van der Waals surface area contributed by atoms with Crippen molar-refractivity contribution < 1.29 is 14.3 Å². The molecule has 206 valence electrons. The van der Waals surface area contributed by atoms with Crippen molar-refractivity contribution in [3.8, 4) is 5.75 Å². The van der Waals surface area contributed by atoms with E-state index in [4.69, 9.17) is 27.9 Å². The molecule has 1 aliphatic rings. The van der Waals surface area contributed by atoms with E-state index in [0.717, 1.165) is 30.9 Å². The smallest absolute Gasteiger partial charge is 0.321 e. The van der Waals surface area contributed by atoms with E-state index in [-0.39, 0.29) is 17.4 Å². The van der Waals surface area contributed by atoms with Gasteiger partial charge < -0.3 is 19.9 Å². The lowest BCUT2D eigenvalue weighted by molar-refractivity contribution is -0.132. The van der Waals surface area contributed by atoms with Crippen molar-refractivity contribution in [2.75, 3.05) is 58.2 Å². The number of piperazine rings is 1. The summed E-state index contributed by atoms with van der Waals surface area (Å²) in [6.07, 6.45) is 4.50. The fraction of sp³-hybridized carbons (Fsp3) is 0.448. The van der Waals surface area contributed by atoms with Gasteiger partial charge in [-0.1, -0.05) is 80.4 Å². The third-order valence-electron chi connectivity index (χ3n) is 6.34. The molecule has 2 aromatic carbocycles. The second kappa shape index (κ2) is 13.9. The lowest BCUT2D eigenvalue weighted by Gasteiger charge is -2.36. The van der Waals surface area contributed by atoms with Crippen LogP contribution in [0.5, 0.6) is 5.75 Å². The van der Waals surface area contributed by atoms with Crippen molar-refractivity contribution >= 4 is 46.9 Å². The molecule has 1 fully saturated rings. The number of nitrogens with zero attached hydrogens (tertiary/aromatic N) is 3. The number of carbonyl (C=O) groups is 2. The Balaban J connectivity index is 1.54. The Hall–Kier alpha value is -2.74. The average Bonchev–Trinajstić information content (AvgIpc) is 2.88. The molecule has 0 saturated carbocycles. The predicted octanol–water partition coefficient (Wildman–Crippen LogP) is 6.13. The molecule has 1 heterocycles. The van der Waals surface area contributed by atoms with E-state index in [1.807, 2.05) is 41.3 Å². The van der Waals surface area contributed by atoms with Gasteiger partial charge in [0.05, 0.1) is 22.8 Å². The van der Waals surface area contributed by atoms with E-state index < -0.39 is 0 Å². The van der Waals surface area contributed by atoms with E-state index in [9.17, 15) is 9.59 Å². The first kappa shape index (κ1) is 29.8. The molecular formula is C29H38Cl2N4O3. The largest absolute Gasteiger partial charge is 0.496 e. The molecule has 7 nitrogen and oxygen atoms in total. The van der Waals surface area contributed by atoms with Gasteiger partial charge in [0.2, 0.25) is 5.91 Å². The van der Waals surface area contributed by atoms with Crippen LogP contribution in [0.2, 0.25) is 10.0 Å². The first-order chi connectivity index (χ1) is 18.1. The summed E-state index contributed by atoms with van der Waals surface area (Å²) in [4.78, 5) is 31.8. The third kappa shape index (κ3) is 8.93. The summed E-state index contributed by atoms with van der Waals surface area (Å²) in [7, 11) is 1.65. The predicted molar refractivity (Wildman–Crippen MR) is 156 cm³/mol. The fourth-order valence-electron chi connectivity index (χ4n) is 4.23. The minimum absolute atomic E-state index is 0.0907. The van der Waals surface area contributed by atoms with Crippen LogP contribution in [0.15, 0.2) is 48.5 Å². The number of amides is 3. The molecule has 0 unspecified atom stereocenters. The summed E-state index contributed by atoms with van der Waals surface area (Å²) in [5.74, 6) is 0.939. The maximum absolute atomic E-state index is 13.1. The highest BCUT2D eigenvalue weighted by Gasteiger charge is 2.24. The van der Waals surface area contributed by atoms with Crippen molar-refractivity contribution in [1.82, 2.24) is 14.7 Å². The van der Waals surface area contributed by atoms with E-state index in [0.29, 0.717) is 48.3 Å². The van der Waals surface area contributed by atoms with Gasteiger partial charge >= 0.3 is 6.03 Å². The quantitative estimate of drug-likeness (QED) is 0.400. The highest BCUT2D eigenvalue weighted by Crippen LogP contribution is 2.29. The first-order valence-corrected chi connectivity index (χ1v) is 13.6. The van der Waals surface area contributed by atoms with Crippen LogP contribution in [0.25, 0.3) is 6.08 Å². The summed E-state index contributed by atoms with van der Waals surface area (Å²) in [5.41, 5.74) is 1.39. The Morgan fingerprint density at radius 2 is 1.76 bits per heavy atom. The normalized spacial score (nSPS) is 14.5. The Bertz CT molecular complexity index is 1130. The zero-order valence-corrected chi connectivity index (χ0v) is 24.2. The fourth-order valence-corrected chi connectivity index (χ4v) is 4.57. The number of ether oxygens (including phenoxy) is 1. The van der Waals surface area contributed by atoms with Gasteiger partial charge in [0.15, 0.2) is 0 Å². The van der Waals surface area contributed by atoms with Crippen molar-refractivity contribution in [2.45, 2.75) is 27.2 Å². The first-order valence-electron chi connectivity index (χ1n) is 12.9. The zero-order valence-electron chi connectivity index (χ0n) is 22.7. The molecule has 3 amide bonds. The minimum atomic E-state index is -0.197. The Morgan fingerprint density at radius 1 is 1.05 bits per heavy atom. The molecule has 1 aliphatic heterocycles. The molecule has 0 spiro atoms. The second-order valence-electron chi connectivity index (χ2n) is 10.6. The number of methoxy groups -OCH3 is 1. The highest BCUT2D eigenvalue weighted by molar-refractivity contribution is 6.43. The number of nitrogens with one attached hydrogen (secondary N) is 1. The molecule has 0 aliphatic carbocycles. The lowest BCUT2D eigenvalue weighted by atomic mass is 9.91. The number of hydrogen-bond donors (Lipinski definition) is 1. The molecule has 1 saturated heterocycles. The molecule has 3 rings (SSSR count). The van der Waals surface area contributed by atoms with Crippen molar-refractivity contribution in [3.05, 3.63) is 64.1 Å². The number of para-hydroxylation sites is 1. The van der Waals surface area contributed by atoms with Crippen molar-refractivity contribution in [3.63, 3.8) is 0 Å². The molecule has 9 heteroatoms. The van der Waals surface area contributed by atoms with Gasteiger partial charge in [-0.05, 0) is 23.6 Å². The van der Waals surface area contributed by atoms with Crippen LogP contribution in [0, 0.1) is 5.41 Å². The third-order valence-corrected chi connectivity index (χ3v) is 7.15. The maximum atomic E-state index is 13.1. The number of anilines is 1. The van der Waals surface area contributed by atoms with Gasteiger partial charge in [0.1, 0.15) is 5.75 Å². The number of halogens is 2. The topological polar surface area (TPSA) is 65.1 Å². The molecule has 2 aromatic rings. The van der Waals surface area contributed by atoms with Gasteiger partial charge in [-0.2, -0.15) is 0 Å². The monoisotopic (exact) mass is 560 g/mol. The Morgan fingerprint density at radius 3 is 2.45 bits per heavy atom. The number of benzene rings is 2. The number of hydrogen-bond acceptors (Lipinski definition) is 4. The molecule has 0 bridgehead atoms. The molecule has 0 atom stereocenters. The van der Waals surface area contributed by atoms with Crippen LogP contribution in [-0.4, -0.2) is 79.6 Å². The van der Waals surface area contributed by atoms with Crippen LogP contribution < -0.4 is 10.1 Å². The Kier molecular flexibility index (Phi) is 10.9. The van der Waals surface area contributed by atoms with Gasteiger partial charge in [-0.15, -0.1) is 0 Å². The van der Waals surface area contributed by atoms with Crippen LogP contribution in [0.4, 0.5) is 10.5 Å². The molecule has 0 radical (unpaired) electrons. The molecule has 0 aromatic heterocycles. The summed E-state index contributed by atoms with van der Waals surface area (Å²) < 4.78 is 5.43. The maximum Gasteiger partial charge on any atom is 0.321 e.